The number of aromatic carboxylic acids is 1. The van der Waals surface area contributed by atoms with Gasteiger partial charge in [-0.1, -0.05) is 0 Å². The second-order valence-electron chi connectivity index (χ2n) is 3.09. The summed E-state index contributed by atoms with van der Waals surface area (Å²) in [5.41, 5.74) is 0.585. The maximum Gasteiger partial charge on any atom is 0.356 e. The predicted octanol–water partition coefficient (Wildman–Crippen LogP) is 0.940. The minimum Gasteiger partial charge on any atom is -0.476 e. The van der Waals surface area contributed by atoms with Crippen molar-refractivity contribution in [2.24, 2.45) is 0 Å². The molecule has 2 heterocycles. The first kappa shape index (κ1) is 10.2. The minimum absolute atomic E-state index is 0.133. The van der Waals surface area contributed by atoms with Crippen LogP contribution in [0.15, 0.2) is 24.7 Å². The van der Waals surface area contributed by atoms with Crippen molar-refractivity contribution in [2.75, 3.05) is 0 Å². The predicted molar refractivity (Wildman–Crippen MR) is 54.8 cm³/mol. The number of nitrogens with zero attached hydrogens (tertiary/aromatic N) is 4. The maximum atomic E-state index is 11.0. The fourth-order valence-electron chi connectivity index (χ4n) is 1.21. The zero-order chi connectivity index (χ0) is 11.5. The third-order valence-electron chi connectivity index (χ3n) is 1.87. The van der Waals surface area contributed by atoms with E-state index in [-0.39, 0.29) is 17.2 Å². The normalized spacial score (nSPS) is 10.1. The van der Waals surface area contributed by atoms with Crippen LogP contribution >= 0.6 is 0 Å². The topological polar surface area (TPSA) is 88.9 Å². The molecule has 0 spiro atoms. The molecule has 0 aromatic carbocycles. The Balaban J connectivity index is 2.61. The average Bonchev–Trinajstić information content (AvgIpc) is 2.30. The van der Waals surface area contributed by atoms with Gasteiger partial charge in [0.25, 0.3) is 0 Å². The van der Waals surface area contributed by atoms with E-state index in [4.69, 9.17) is 5.11 Å². The smallest absolute Gasteiger partial charge is 0.356 e. The van der Waals surface area contributed by atoms with E-state index in [0.29, 0.717) is 5.69 Å². The van der Waals surface area contributed by atoms with Gasteiger partial charge in [-0.2, -0.15) is 0 Å². The van der Waals surface area contributed by atoms with Gasteiger partial charge in [0, 0.05) is 18.6 Å². The second-order valence-corrected chi connectivity index (χ2v) is 3.09. The van der Waals surface area contributed by atoms with Gasteiger partial charge in [-0.25, -0.2) is 24.7 Å². The van der Waals surface area contributed by atoms with Crippen molar-refractivity contribution in [3.8, 4) is 11.5 Å². The van der Waals surface area contributed by atoms with E-state index in [9.17, 15) is 4.79 Å². The van der Waals surface area contributed by atoms with Gasteiger partial charge in [-0.15, -0.1) is 0 Å². The Kier molecular flexibility index (Phi) is 2.55. The summed E-state index contributed by atoms with van der Waals surface area (Å²) in [6.07, 6.45) is 4.53. The number of hydrogen-bond acceptors (Lipinski definition) is 5. The molecule has 0 fully saturated rings. The Hall–Kier alpha value is -2.37. The van der Waals surface area contributed by atoms with Crippen LogP contribution in [0.1, 0.15) is 16.2 Å². The number of carboxylic acids is 1. The summed E-state index contributed by atoms with van der Waals surface area (Å²) < 4.78 is 0. The molecule has 2 aromatic heterocycles. The van der Waals surface area contributed by atoms with Gasteiger partial charge < -0.3 is 5.11 Å². The first-order chi connectivity index (χ1) is 7.68. The Morgan fingerprint density at radius 1 is 1.25 bits per heavy atom. The van der Waals surface area contributed by atoms with Crippen LogP contribution in [-0.4, -0.2) is 31.0 Å². The quantitative estimate of drug-likeness (QED) is 0.803. The molecule has 0 aliphatic carbocycles. The van der Waals surface area contributed by atoms with E-state index in [1.807, 2.05) is 0 Å². The number of hydrogen-bond donors (Lipinski definition) is 1. The number of carboxylic acid groups (broad SMARTS) is 1. The van der Waals surface area contributed by atoms with Crippen LogP contribution in [0.3, 0.4) is 0 Å². The average molecular weight is 216 g/mol. The molecule has 2 rings (SSSR count). The molecule has 1 N–H and O–H groups in total. The lowest BCUT2D eigenvalue weighted by molar-refractivity contribution is 0.0690. The number of aryl methyl sites for hydroxylation is 1. The summed E-state index contributed by atoms with van der Waals surface area (Å²) in [7, 11) is 0. The van der Waals surface area contributed by atoms with Crippen LogP contribution in [0.25, 0.3) is 11.5 Å². The van der Waals surface area contributed by atoms with Gasteiger partial charge in [0.2, 0.25) is 0 Å². The maximum absolute atomic E-state index is 11.0. The highest BCUT2D eigenvalue weighted by Crippen LogP contribution is 2.15. The number of carbonyl (C=O) groups is 1. The van der Waals surface area contributed by atoms with Crippen molar-refractivity contribution in [1.82, 2.24) is 19.9 Å². The number of rotatable bonds is 2. The van der Waals surface area contributed by atoms with E-state index >= 15 is 0 Å². The second kappa shape index (κ2) is 4.01. The standard InChI is InChI=1S/C10H8N4O2/c1-6-5-13-7(8(14-6)10(15)16)9-11-3-2-4-12-9/h2-5H,1H3,(H,15,16). The summed E-state index contributed by atoms with van der Waals surface area (Å²) >= 11 is 0. The van der Waals surface area contributed by atoms with E-state index < -0.39 is 5.97 Å². The zero-order valence-corrected chi connectivity index (χ0v) is 8.45. The summed E-state index contributed by atoms with van der Waals surface area (Å²) in [5, 5.41) is 8.99. The van der Waals surface area contributed by atoms with Gasteiger partial charge in [-0.05, 0) is 13.0 Å². The lowest BCUT2D eigenvalue weighted by atomic mass is 10.2. The minimum atomic E-state index is -1.14. The van der Waals surface area contributed by atoms with Crippen LogP contribution in [-0.2, 0) is 0 Å². The number of aromatic nitrogens is 4. The molecular formula is C10H8N4O2. The van der Waals surface area contributed by atoms with Gasteiger partial charge >= 0.3 is 5.97 Å². The molecule has 6 nitrogen and oxygen atoms in total. The summed E-state index contributed by atoms with van der Waals surface area (Å²) in [6, 6.07) is 1.64. The largest absolute Gasteiger partial charge is 0.476 e. The first-order valence-corrected chi connectivity index (χ1v) is 4.53. The monoisotopic (exact) mass is 216 g/mol. The van der Waals surface area contributed by atoms with Crippen LogP contribution in [0, 0.1) is 6.92 Å². The highest BCUT2D eigenvalue weighted by Gasteiger charge is 2.16. The Bertz CT molecular complexity index is 528. The molecule has 0 unspecified atom stereocenters. The Morgan fingerprint density at radius 2 is 1.94 bits per heavy atom. The molecule has 16 heavy (non-hydrogen) atoms. The zero-order valence-electron chi connectivity index (χ0n) is 8.45. The molecular weight excluding hydrogens is 208 g/mol. The Morgan fingerprint density at radius 3 is 2.56 bits per heavy atom. The Labute approximate surface area is 91.1 Å². The van der Waals surface area contributed by atoms with Crippen LogP contribution in [0.4, 0.5) is 0 Å². The van der Waals surface area contributed by atoms with Crippen LogP contribution in [0.2, 0.25) is 0 Å². The molecule has 0 saturated heterocycles. The summed E-state index contributed by atoms with van der Waals surface area (Å²) in [5.74, 6) is -0.883. The summed E-state index contributed by atoms with van der Waals surface area (Å²) in [6.45, 7) is 1.68. The molecule has 0 atom stereocenters. The van der Waals surface area contributed by atoms with E-state index in [1.165, 1.54) is 18.6 Å². The van der Waals surface area contributed by atoms with Crippen molar-refractivity contribution in [2.45, 2.75) is 6.92 Å². The van der Waals surface area contributed by atoms with E-state index in [0.717, 1.165) is 0 Å². The molecule has 0 bridgehead atoms. The molecule has 0 aliphatic heterocycles. The lowest BCUT2D eigenvalue weighted by Gasteiger charge is -2.02. The van der Waals surface area contributed by atoms with Crippen molar-refractivity contribution in [1.29, 1.82) is 0 Å². The highest BCUT2D eigenvalue weighted by atomic mass is 16.4. The van der Waals surface area contributed by atoms with E-state index in [1.54, 1.807) is 13.0 Å². The fraction of sp³-hybridized carbons (Fsp3) is 0.100. The van der Waals surface area contributed by atoms with Crippen LogP contribution in [0.5, 0.6) is 0 Å². The highest BCUT2D eigenvalue weighted by molar-refractivity contribution is 5.91. The van der Waals surface area contributed by atoms with Crippen molar-refractivity contribution in [3.63, 3.8) is 0 Å². The third-order valence-corrected chi connectivity index (χ3v) is 1.87. The molecule has 2 aromatic rings. The van der Waals surface area contributed by atoms with Crippen molar-refractivity contribution in [3.05, 3.63) is 36.0 Å². The van der Waals surface area contributed by atoms with E-state index in [2.05, 4.69) is 19.9 Å². The van der Waals surface area contributed by atoms with Gasteiger partial charge in [0.15, 0.2) is 11.5 Å². The summed E-state index contributed by atoms with van der Waals surface area (Å²) in [4.78, 5) is 26.8. The van der Waals surface area contributed by atoms with Crippen molar-refractivity contribution < 1.29 is 9.90 Å². The molecule has 0 aliphatic rings. The third kappa shape index (κ3) is 1.85. The van der Waals surface area contributed by atoms with Gasteiger partial charge in [-0.3, -0.25) is 0 Å². The fourth-order valence-corrected chi connectivity index (χ4v) is 1.21. The molecule has 0 saturated carbocycles. The molecule has 0 amide bonds. The van der Waals surface area contributed by atoms with Gasteiger partial charge in [0.1, 0.15) is 5.69 Å². The molecule has 80 valence electrons. The first-order valence-electron chi connectivity index (χ1n) is 4.53. The van der Waals surface area contributed by atoms with Crippen molar-refractivity contribution >= 4 is 5.97 Å². The SMILES string of the molecule is Cc1cnc(-c2ncccn2)c(C(=O)O)n1. The molecule has 6 heteroatoms. The lowest BCUT2D eigenvalue weighted by Crippen LogP contribution is -2.07. The van der Waals surface area contributed by atoms with Crippen LogP contribution < -0.4 is 0 Å². The molecule has 0 radical (unpaired) electrons. The van der Waals surface area contributed by atoms with Gasteiger partial charge in [0.05, 0.1) is 5.69 Å².